The molecule has 0 saturated heterocycles. The second-order valence-corrected chi connectivity index (χ2v) is 5.27. The summed E-state index contributed by atoms with van der Waals surface area (Å²) in [6.07, 6.45) is 5.43. The Hall–Kier alpha value is -1.06. The minimum atomic E-state index is 0.322. The maximum Gasteiger partial charge on any atom is 0.120 e. The summed E-state index contributed by atoms with van der Waals surface area (Å²) >= 11 is 0. The molecule has 0 radical (unpaired) electrons. The first-order chi connectivity index (χ1) is 9.29. The molecule has 1 aromatic carbocycles. The van der Waals surface area contributed by atoms with Crippen LogP contribution in [0.5, 0.6) is 5.75 Å². The second-order valence-electron chi connectivity index (χ2n) is 5.27. The molecule has 1 atom stereocenters. The molecule has 106 valence electrons. The van der Waals surface area contributed by atoms with E-state index in [1.54, 1.807) is 7.11 Å². The van der Waals surface area contributed by atoms with Crippen LogP contribution in [0.4, 0.5) is 0 Å². The lowest BCUT2D eigenvalue weighted by atomic mass is 10.1. The topological polar surface area (TPSA) is 30.5 Å². The molecule has 1 aliphatic carbocycles. The molecule has 3 nitrogen and oxygen atoms in total. The van der Waals surface area contributed by atoms with E-state index in [1.165, 1.54) is 31.2 Å². The molecule has 3 heteroatoms. The summed E-state index contributed by atoms with van der Waals surface area (Å²) in [6, 6.07) is 8.76. The average molecular weight is 263 g/mol. The van der Waals surface area contributed by atoms with E-state index in [-0.39, 0.29) is 0 Å². The Labute approximate surface area is 116 Å². The zero-order valence-electron chi connectivity index (χ0n) is 12.0. The molecule has 1 aromatic rings. The predicted molar refractivity (Wildman–Crippen MR) is 77.6 cm³/mol. The lowest BCUT2D eigenvalue weighted by Gasteiger charge is -2.17. The number of methoxy groups -OCH3 is 1. The summed E-state index contributed by atoms with van der Waals surface area (Å²) in [5, 5.41) is 3.44. The highest BCUT2D eigenvalue weighted by Crippen LogP contribution is 2.25. The van der Waals surface area contributed by atoms with Crippen molar-refractivity contribution in [3.8, 4) is 5.75 Å². The van der Waals surface area contributed by atoms with Crippen molar-refractivity contribution in [3.63, 3.8) is 0 Å². The summed E-state index contributed by atoms with van der Waals surface area (Å²) in [5.41, 5.74) is 1.27. The van der Waals surface area contributed by atoms with Crippen molar-refractivity contribution >= 4 is 0 Å². The van der Waals surface area contributed by atoms with Gasteiger partial charge in [0.15, 0.2) is 0 Å². The van der Waals surface area contributed by atoms with Crippen molar-refractivity contribution in [2.75, 3.05) is 20.3 Å². The van der Waals surface area contributed by atoms with Gasteiger partial charge in [-0.05, 0) is 50.3 Å². The van der Waals surface area contributed by atoms with Gasteiger partial charge in [-0.1, -0.05) is 12.1 Å². The number of hydrogen-bond donors (Lipinski definition) is 1. The van der Waals surface area contributed by atoms with Crippen molar-refractivity contribution in [1.82, 2.24) is 5.32 Å². The maximum atomic E-state index is 6.04. The molecule has 1 saturated carbocycles. The molecule has 1 aliphatic rings. The smallest absolute Gasteiger partial charge is 0.120 e. The van der Waals surface area contributed by atoms with E-state index in [1.807, 2.05) is 0 Å². The van der Waals surface area contributed by atoms with Crippen LogP contribution in [0.25, 0.3) is 0 Å². The first-order valence-electron chi connectivity index (χ1n) is 7.28. The molecule has 0 spiro atoms. The highest BCUT2D eigenvalue weighted by Gasteiger charge is 2.16. The van der Waals surface area contributed by atoms with Crippen LogP contribution in [0.1, 0.15) is 44.2 Å². The van der Waals surface area contributed by atoms with Gasteiger partial charge in [-0.3, -0.25) is 0 Å². The summed E-state index contributed by atoms with van der Waals surface area (Å²) in [7, 11) is 1.72. The molecule has 0 heterocycles. The largest absolute Gasteiger partial charge is 0.490 e. The van der Waals surface area contributed by atoms with E-state index in [9.17, 15) is 0 Å². The number of rotatable bonds is 7. The van der Waals surface area contributed by atoms with Crippen molar-refractivity contribution in [2.24, 2.45) is 0 Å². The number of nitrogens with one attached hydrogen (secondary N) is 1. The van der Waals surface area contributed by atoms with Crippen LogP contribution >= 0.6 is 0 Å². The van der Waals surface area contributed by atoms with Crippen molar-refractivity contribution in [3.05, 3.63) is 29.8 Å². The predicted octanol–water partition coefficient (Wildman–Crippen LogP) is 3.31. The van der Waals surface area contributed by atoms with Gasteiger partial charge in [0.05, 0.1) is 12.7 Å². The normalized spacial score (nSPS) is 17.6. The van der Waals surface area contributed by atoms with Crippen LogP contribution in [0, 0.1) is 0 Å². The van der Waals surface area contributed by atoms with Gasteiger partial charge >= 0.3 is 0 Å². The van der Waals surface area contributed by atoms with E-state index in [0.717, 1.165) is 18.9 Å². The van der Waals surface area contributed by atoms with Gasteiger partial charge < -0.3 is 14.8 Å². The zero-order chi connectivity index (χ0) is 13.5. The quantitative estimate of drug-likeness (QED) is 0.766. The highest BCUT2D eigenvalue weighted by molar-refractivity contribution is 5.30. The number of hydrogen-bond acceptors (Lipinski definition) is 3. The van der Waals surface area contributed by atoms with Crippen LogP contribution in [0.3, 0.4) is 0 Å². The summed E-state index contributed by atoms with van der Waals surface area (Å²) in [6.45, 7) is 3.78. The van der Waals surface area contributed by atoms with Gasteiger partial charge in [-0.15, -0.1) is 0 Å². The van der Waals surface area contributed by atoms with Gasteiger partial charge in [-0.25, -0.2) is 0 Å². The molecule has 0 aromatic heterocycles. The van der Waals surface area contributed by atoms with Gasteiger partial charge in [0, 0.05) is 19.7 Å². The zero-order valence-corrected chi connectivity index (χ0v) is 12.0. The fraction of sp³-hybridized carbons (Fsp3) is 0.625. The molecule has 0 bridgehead atoms. The van der Waals surface area contributed by atoms with Crippen LogP contribution in [0.2, 0.25) is 0 Å². The first-order valence-corrected chi connectivity index (χ1v) is 7.28. The molecule has 1 fully saturated rings. The molecular weight excluding hydrogens is 238 g/mol. The molecule has 0 unspecified atom stereocenters. The summed E-state index contributed by atoms with van der Waals surface area (Å²) in [5.74, 6) is 1.00. The van der Waals surface area contributed by atoms with Crippen LogP contribution in [0.15, 0.2) is 24.3 Å². The van der Waals surface area contributed by atoms with Crippen LogP contribution in [-0.4, -0.2) is 26.4 Å². The van der Waals surface area contributed by atoms with Crippen molar-refractivity contribution in [2.45, 2.75) is 44.8 Å². The Morgan fingerprint density at radius 1 is 1.32 bits per heavy atom. The van der Waals surface area contributed by atoms with Gasteiger partial charge in [0.25, 0.3) is 0 Å². The van der Waals surface area contributed by atoms with E-state index in [2.05, 4.69) is 36.5 Å². The van der Waals surface area contributed by atoms with Crippen LogP contribution in [-0.2, 0) is 4.74 Å². The van der Waals surface area contributed by atoms with E-state index >= 15 is 0 Å². The Kier molecular flexibility index (Phi) is 5.67. The molecular formula is C16H25NO2. The lowest BCUT2D eigenvalue weighted by molar-refractivity contribution is 0.196. The molecule has 1 N–H and O–H groups in total. The Morgan fingerprint density at radius 2 is 2.11 bits per heavy atom. The maximum absolute atomic E-state index is 6.04. The summed E-state index contributed by atoms with van der Waals surface area (Å²) < 4.78 is 11.1. The van der Waals surface area contributed by atoms with Gasteiger partial charge in [0.1, 0.15) is 5.75 Å². The standard InChI is InChI=1S/C16H25NO2/c1-13(17-10-11-18-2)14-6-5-9-16(12-14)19-15-7-3-4-8-15/h5-6,9,12-13,15,17H,3-4,7-8,10-11H2,1-2H3/t13-/m0/s1. The Morgan fingerprint density at radius 3 is 2.84 bits per heavy atom. The third-order valence-corrected chi connectivity index (χ3v) is 3.72. The third kappa shape index (κ3) is 4.51. The monoisotopic (exact) mass is 263 g/mol. The number of ether oxygens (including phenoxy) is 2. The summed E-state index contributed by atoms with van der Waals surface area (Å²) in [4.78, 5) is 0. The molecule has 0 amide bonds. The van der Waals surface area contributed by atoms with Crippen LogP contribution < -0.4 is 10.1 Å². The number of benzene rings is 1. The fourth-order valence-corrected chi connectivity index (χ4v) is 2.55. The minimum absolute atomic E-state index is 0.322. The van der Waals surface area contributed by atoms with Gasteiger partial charge in [-0.2, -0.15) is 0 Å². The van der Waals surface area contributed by atoms with Crippen molar-refractivity contribution < 1.29 is 9.47 Å². The third-order valence-electron chi connectivity index (χ3n) is 3.72. The highest BCUT2D eigenvalue weighted by atomic mass is 16.5. The van der Waals surface area contributed by atoms with Crippen molar-refractivity contribution in [1.29, 1.82) is 0 Å². The van der Waals surface area contributed by atoms with E-state index < -0.39 is 0 Å². The fourth-order valence-electron chi connectivity index (χ4n) is 2.55. The minimum Gasteiger partial charge on any atom is -0.490 e. The molecule has 2 rings (SSSR count). The second kappa shape index (κ2) is 7.51. The Balaban J connectivity index is 1.89. The average Bonchev–Trinajstić information content (AvgIpc) is 2.92. The van der Waals surface area contributed by atoms with Gasteiger partial charge in [0.2, 0.25) is 0 Å². The van der Waals surface area contributed by atoms with E-state index in [0.29, 0.717) is 12.1 Å². The first kappa shape index (κ1) is 14.4. The molecule has 19 heavy (non-hydrogen) atoms. The van der Waals surface area contributed by atoms with E-state index in [4.69, 9.17) is 9.47 Å². The molecule has 0 aliphatic heterocycles. The SMILES string of the molecule is COCCN[C@@H](C)c1cccc(OC2CCCC2)c1. The lowest BCUT2D eigenvalue weighted by Crippen LogP contribution is -2.22. The Bertz CT molecular complexity index is 375.